The van der Waals surface area contributed by atoms with Crippen molar-refractivity contribution >= 4 is 5.91 Å². The molecule has 2 aromatic heterocycles. The van der Waals surface area contributed by atoms with Gasteiger partial charge in [0.1, 0.15) is 0 Å². The van der Waals surface area contributed by atoms with Gasteiger partial charge in [-0.15, -0.1) is 0 Å². The van der Waals surface area contributed by atoms with E-state index in [1.54, 1.807) is 19.2 Å². The van der Waals surface area contributed by atoms with Gasteiger partial charge in [0.25, 0.3) is 5.91 Å². The Bertz CT molecular complexity index is 610. The van der Waals surface area contributed by atoms with Gasteiger partial charge in [0.05, 0.1) is 13.4 Å². The lowest BCUT2D eigenvalue weighted by molar-refractivity contribution is 0.0909. The second kappa shape index (κ2) is 6.62. The van der Waals surface area contributed by atoms with Crippen molar-refractivity contribution in [3.63, 3.8) is 0 Å². The summed E-state index contributed by atoms with van der Waals surface area (Å²) in [7, 11) is 1.61. The second-order valence-corrected chi connectivity index (χ2v) is 5.38. The monoisotopic (exact) mass is 301 g/mol. The van der Waals surface area contributed by atoms with Gasteiger partial charge in [-0.05, 0) is 24.1 Å². The van der Waals surface area contributed by atoms with Crippen LogP contribution in [0.25, 0.3) is 0 Å². The minimum Gasteiger partial charge on any atom is -0.481 e. The van der Waals surface area contributed by atoms with Gasteiger partial charge in [0.2, 0.25) is 5.88 Å². The average Bonchev–Trinajstić information content (AvgIpc) is 3.20. The van der Waals surface area contributed by atoms with E-state index in [0.29, 0.717) is 11.6 Å². The summed E-state index contributed by atoms with van der Waals surface area (Å²) in [6.45, 7) is 2.61. The zero-order valence-corrected chi connectivity index (χ0v) is 12.5. The largest absolute Gasteiger partial charge is 0.481 e. The maximum Gasteiger partial charge on any atom is 0.287 e. The number of ether oxygens (including phenoxy) is 1. The van der Waals surface area contributed by atoms with Crippen molar-refractivity contribution in [1.82, 2.24) is 15.2 Å². The molecule has 0 aromatic carbocycles. The summed E-state index contributed by atoms with van der Waals surface area (Å²) in [5, 5.41) is 3.01. The maximum atomic E-state index is 12.0. The van der Waals surface area contributed by atoms with Crippen LogP contribution in [-0.4, -0.2) is 42.0 Å². The Kier molecular flexibility index (Phi) is 4.39. The van der Waals surface area contributed by atoms with Crippen LogP contribution < -0.4 is 10.1 Å². The first-order chi connectivity index (χ1) is 10.7. The predicted octanol–water partition coefficient (Wildman–Crippen LogP) is 1.69. The number of hydrogen-bond acceptors (Lipinski definition) is 5. The van der Waals surface area contributed by atoms with Crippen molar-refractivity contribution in [2.75, 3.05) is 20.2 Å². The van der Waals surface area contributed by atoms with Crippen molar-refractivity contribution in [2.45, 2.75) is 19.0 Å². The molecule has 0 spiro atoms. The first kappa shape index (κ1) is 14.6. The summed E-state index contributed by atoms with van der Waals surface area (Å²) in [5.74, 6) is 0.828. The smallest absolute Gasteiger partial charge is 0.287 e. The summed E-state index contributed by atoms with van der Waals surface area (Å²) in [4.78, 5) is 18.5. The van der Waals surface area contributed by atoms with E-state index >= 15 is 0 Å². The van der Waals surface area contributed by atoms with Gasteiger partial charge in [0.15, 0.2) is 5.76 Å². The highest BCUT2D eigenvalue weighted by atomic mass is 16.5. The van der Waals surface area contributed by atoms with Crippen LogP contribution in [0.5, 0.6) is 5.88 Å². The number of carbonyl (C=O) groups excluding carboxylic acids is 1. The average molecular weight is 301 g/mol. The van der Waals surface area contributed by atoms with Gasteiger partial charge in [0, 0.05) is 37.9 Å². The van der Waals surface area contributed by atoms with Gasteiger partial charge >= 0.3 is 0 Å². The fourth-order valence-corrected chi connectivity index (χ4v) is 2.64. The quantitative estimate of drug-likeness (QED) is 0.910. The second-order valence-electron chi connectivity index (χ2n) is 5.38. The summed E-state index contributed by atoms with van der Waals surface area (Å²) in [6.07, 6.45) is 4.27. The number of nitrogens with one attached hydrogen (secondary N) is 1. The number of likely N-dealkylation sites (tertiary alicyclic amines) is 1. The summed E-state index contributed by atoms with van der Waals surface area (Å²) in [6, 6.07) is 7.42. The van der Waals surface area contributed by atoms with Crippen molar-refractivity contribution in [3.8, 4) is 5.88 Å². The zero-order valence-electron chi connectivity index (χ0n) is 12.5. The molecule has 2 aromatic rings. The molecule has 0 unspecified atom stereocenters. The molecule has 6 nitrogen and oxygen atoms in total. The number of pyridine rings is 1. The third-order valence-electron chi connectivity index (χ3n) is 3.77. The molecule has 3 rings (SSSR count). The van der Waals surface area contributed by atoms with E-state index in [9.17, 15) is 4.79 Å². The maximum absolute atomic E-state index is 12.0. The van der Waals surface area contributed by atoms with E-state index in [1.165, 1.54) is 6.26 Å². The number of rotatable bonds is 5. The lowest BCUT2D eigenvalue weighted by Crippen LogP contribution is -2.36. The summed E-state index contributed by atoms with van der Waals surface area (Å²) < 4.78 is 10.2. The Hall–Kier alpha value is -2.34. The Morgan fingerprint density at radius 3 is 3.09 bits per heavy atom. The van der Waals surface area contributed by atoms with E-state index in [1.807, 2.05) is 18.3 Å². The van der Waals surface area contributed by atoms with Crippen LogP contribution in [0.2, 0.25) is 0 Å². The van der Waals surface area contributed by atoms with Crippen LogP contribution in [0.3, 0.4) is 0 Å². The molecular formula is C16H19N3O3. The third-order valence-corrected chi connectivity index (χ3v) is 3.77. The molecule has 22 heavy (non-hydrogen) atoms. The Morgan fingerprint density at radius 2 is 2.41 bits per heavy atom. The van der Waals surface area contributed by atoms with Crippen LogP contribution >= 0.6 is 0 Å². The van der Waals surface area contributed by atoms with Gasteiger partial charge in [-0.1, -0.05) is 6.07 Å². The van der Waals surface area contributed by atoms with Gasteiger partial charge in [-0.25, -0.2) is 4.98 Å². The Labute approximate surface area is 129 Å². The minimum absolute atomic E-state index is 0.150. The first-order valence-corrected chi connectivity index (χ1v) is 7.30. The minimum atomic E-state index is -0.150. The highest BCUT2D eigenvalue weighted by Gasteiger charge is 2.24. The van der Waals surface area contributed by atoms with Crippen molar-refractivity contribution in [2.24, 2.45) is 0 Å². The number of aromatic nitrogens is 1. The van der Waals surface area contributed by atoms with Crippen molar-refractivity contribution < 1.29 is 13.9 Å². The highest BCUT2D eigenvalue weighted by molar-refractivity contribution is 5.91. The fraction of sp³-hybridized carbons (Fsp3) is 0.375. The number of methoxy groups -OCH3 is 1. The fourth-order valence-electron chi connectivity index (χ4n) is 2.64. The molecule has 0 bridgehead atoms. The zero-order chi connectivity index (χ0) is 15.4. The molecule has 1 aliphatic rings. The van der Waals surface area contributed by atoms with Crippen LogP contribution in [-0.2, 0) is 6.54 Å². The lowest BCUT2D eigenvalue weighted by atomic mass is 10.2. The SMILES string of the molecule is COc1ccc(CN2CC[C@H](NC(=O)c3ccco3)C2)cn1. The third kappa shape index (κ3) is 3.46. The lowest BCUT2D eigenvalue weighted by Gasteiger charge is -2.16. The topological polar surface area (TPSA) is 67.6 Å². The molecule has 1 saturated heterocycles. The van der Waals surface area contributed by atoms with Crippen molar-refractivity contribution in [1.29, 1.82) is 0 Å². The molecule has 6 heteroatoms. The normalized spacial score (nSPS) is 18.3. The molecule has 116 valence electrons. The van der Waals surface area contributed by atoms with E-state index in [0.717, 1.165) is 31.6 Å². The number of hydrogen-bond donors (Lipinski definition) is 1. The molecule has 1 fully saturated rings. The van der Waals surface area contributed by atoms with E-state index < -0.39 is 0 Å². The van der Waals surface area contributed by atoms with Crippen LogP contribution in [0, 0.1) is 0 Å². The molecule has 0 aliphatic carbocycles. The van der Waals surface area contributed by atoms with E-state index in [-0.39, 0.29) is 11.9 Å². The number of nitrogens with zero attached hydrogens (tertiary/aromatic N) is 2. The van der Waals surface area contributed by atoms with Crippen LogP contribution in [0.4, 0.5) is 0 Å². The number of furan rings is 1. The van der Waals surface area contributed by atoms with Gasteiger partial charge in [-0.2, -0.15) is 0 Å². The predicted molar refractivity (Wildman–Crippen MR) is 80.6 cm³/mol. The van der Waals surface area contributed by atoms with Gasteiger partial charge in [-0.3, -0.25) is 9.69 Å². The molecular weight excluding hydrogens is 282 g/mol. The molecule has 3 heterocycles. The molecule has 0 radical (unpaired) electrons. The Balaban J connectivity index is 1.50. The highest BCUT2D eigenvalue weighted by Crippen LogP contribution is 2.15. The van der Waals surface area contributed by atoms with Crippen molar-refractivity contribution in [3.05, 3.63) is 48.0 Å². The Morgan fingerprint density at radius 1 is 1.50 bits per heavy atom. The first-order valence-electron chi connectivity index (χ1n) is 7.30. The van der Waals surface area contributed by atoms with E-state index in [4.69, 9.17) is 9.15 Å². The van der Waals surface area contributed by atoms with Crippen LogP contribution in [0.15, 0.2) is 41.1 Å². The van der Waals surface area contributed by atoms with E-state index in [2.05, 4.69) is 15.2 Å². The summed E-state index contributed by atoms with van der Waals surface area (Å²) in [5.41, 5.74) is 1.14. The number of carbonyl (C=O) groups is 1. The van der Waals surface area contributed by atoms with Crippen LogP contribution in [0.1, 0.15) is 22.5 Å². The van der Waals surface area contributed by atoms with Gasteiger partial charge < -0.3 is 14.5 Å². The number of amides is 1. The molecule has 1 aliphatic heterocycles. The molecule has 1 N–H and O–H groups in total. The molecule has 1 atom stereocenters. The summed E-state index contributed by atoms with van der Waals surface area (Å²) >= 11 is 0. The molecule has 0 saturated carbocycles. The standard InChI is InChI=1S/C16H19N3O3/c1-21-15-5-4-12(9-17-15)10-19-7-6-13(11-19)18-16(20)14-3-2-8-22-14/h2-5,8-9,13H,6-7,10-11H2,1H3,(H,18,20)/t13-/m0/s1. The molecule has 1 amide bonds.